The van der Waals surface area contributed by atoms with E-state index in [4.69, 9.17) is 4.74 Å². The van der Waals surface area contributed by atoms with Crippen molar-refractivity contribution in [2.75, 3.05) is 57.0 Å². The number of alkyl halides is 4. The number of benzene rings is 2. The van der Waals surface area contributed by atoms with Gasteiger partial charge in [0.25, 0.3) is 0 Å². The molecule has 1 aromatic heterocycles. The van der Waals surface area contributed by atoms with Crippen LogP contribution < -0.4 is 20.7 Å². The van der Waals surface area contributed by atoms with Crippen LogP contribution in [0.25, 0.3) is 10.1 Å². The number of ether oxygens (including phenoxy) is 1. The summed E-state index contributed by atoms with van der Waals surface area (Å²) < 4.78 is 72.0. The molecule has 0 saturated carbocycles. The Kier molecular flexibility index (Phi) is 10.5. The van der Waals surface area contributed by atoms with E-state index in [1.807, 2.05) is 6.07 Å². The first kappa shape index (κ1) is 32.2. The highest BCUT2D eigenvalue weighted by Gasteiger charge is 2.31. The normalized spacial score (nSPS) is 15.7. The minimum absolute atomic E-state index is 0.0771. The van der Waals surface area contributed by atoms with E-state index in [0.717, 1.165) is 36.3 Å². The summed E-state index contributed by atoms with van der Waals surface area (Å²) in [6.45, 7) is 6.28. The maximum atomic E-state index is 13.6. The zero-order chi connectivity index (χ0) is 30.5. The maximum absolute atomic E-state index is 13.6. The summed E-state index contributed by atoms with van der Waals surface area (Å²) in [6, 6.07) is 10.3. The van der Waals surface area contributed by atoms with Gasteiger partial charge in [-0.05, 0) is 68.3 Å². The third-order valence-electron chi connectivity index (χ3n) is 7.03. The molecular weight excluding hydrogens is 589 g/mol. The lowest BCUT2D eigenvalue weighted by atomic mass is 10.0. The lowest BCUT2D eigenvalue weighted by Crippen LogP contribution is -2.41. The fourth-order valence-corrected chi connectivity index (χ4v) is 7.08. The molecule has 3 aromatic rings. The molecule has 228 valence electrons. The molecule has 0 bridgehead atoms. The van der Waals surface area contributed by atoms with Gasteiger partial charge in [0.05, 0.1) is 40.0 Å². The highest BCUT2D eigenvalue weighted by atomic mass is 32.1. The largest absolute Gasteiger partial charge is 0.461 e. The summed E-state index contributed by atoms with van der Waals surface area (Å²) in [6.07, 6.45) is -4.15. The number of nitrogens with zero attached hydrogens (tertiary/aromatic N) is 1. The van der Waals surface area contributed by atoms with Crippen molar-refractivity contribution in [3.8, 4) is 17.6 Å². The molecule has 3 N–H and O–H groups in total. The number of hydrogen-bond donors (Lipinski definition) is 3. The predicted molar refractivity (Wildman–Crippen MR) is 164 cm³/mol. The fourth-order valence-electron chi connectivity index (χ4n) is 5.05. The minimum Gasteiger partial charge on any atom is -0.461 e. The Morgan fingerprint density at radius 2 is 1.93 bits per heavy atom. The predicted octanol–water partition coefficient (Wildman–Crippen LogP) is 6.28. The van der Waals surface area contributed by atoms with Crippen LogP contribution in [0.15, 0.2) is 36.4 Å². The molecule has 1 aliphatic rings. The van der Waals surface area contributed by atoms with Crippen LogP contribution in [0.1, 0.15) is 30.2 Å². The first-order valence-electron chi connectivity index (χ1n) is 13.7. The van der Waals surface area contributed by atoms with Crippen molar-refractivity contribution in [3.05, 3.63) is 46.8 Å². The molecule has 6 nitrogen and oxygen atoms in total. The molecular formula is C30H36F4N3O3PS. The number of aliphatic hydroxyl groups is 1. The first-order valence-corrected chi connectivity index (χ1v) is 17.1. The Morgan fingerprint density at radius 1 is 1.19 bits per heavy atom. The Morgan fingerprint density at radius 3 is 2.57 bits per heavy atom. The van der Waals surface area contributed by atoms with E-state index in [9.17, 15) is 27.2 Å². The number of β-amino-alcohol motifs (C(OH)–C–C–N with tert-alkyl or cyclic N) is 1. The quantitative estimate of drug-likeness (QED) is 0.140. The second-order valence-corrected chi connectivity index (χ2v) is 15.1. The van der Waals surface area contributed by atoms with Gasteiger partial charge < -0.3 is 29.9 Å². The van der Waals surface area contributed by atoms with Gasteiger partial charge in [-0.25, -0.2) is 4.39 Å². The van der Waals surface area contributed by atoms with Crippen molar-refractivity contribution in [2.45, 2.75) is 44.5 Å². The molecule has 0 radical (unpaired) electrons. The lowest BCUT2D eigenvalue weighted by molar-refractivity contribution is -0.126. The van der Waals surface area contributed by atoms with Gasteiger partial charge >= 0.3 is 6.18 Å². The molecule has 2 aromatic carbocycles. The fraction of sp³-hybridized carbons (Fsp3) is 0.467. The molecule has 2 heterocycles. The zero-order valence-corrected chi connectivity index (χ0v) is 25.6. The second-order valence-electron chi connectivity index (χ2n) is 10.9. The van der Waals surface area contributed by atoms with Crippen molar-refractivity contribution >= 4 is 45.2 Å². The summed E-state index contributed by atoms with van der Waals surface area (Å²) in [7, 11) is -2.59. The van der Waals surface area contributed by atoms with E-state index in [1.165, 1.54) is 17.4 Å². The zero-order valence-electron chi connectivity index (χ0n) is 23.9. The average Bonchev–Trinajstić information content (AvgIpc) is 3.24. The van der Waals surface area contributed by atoms with Gasteiger partial charge in [-0.2, -0.15) is 13.2 Å². The van der Waals surface area contributed by atoms with E-state index in [2.05, 4.69) is 27.4 Å². The minimum atomic E-state index is -4.40. The Bertz CT molecular complexity index is 1480. The van der Waals surface area contributed by atoms with Crippen LogP contribution in [0, 0.1) is 11.8 Å². The maximum Gasteiger partial charge on any atom is 0.393 e. The van der Waals surface area contributed by atoms with E-state index in [1.54, 1.807) is 44.5 Å². The molecule has 1 aliphatic heterocycles. The van der Waals surface area contributed by atoms with Crippen molar-refractivity contribution in [1.82, 2.24) is 4.90 Å². The molecule has 0 amide bonds. The van der Waals surface area contributed by atoms with Crippen molar-refractivity contribution in [2.24, 2.45) is 0 Å². The number of fused-ring (bicyclic) bond motifs is 1. The molecule has 0 spiro atoms. The highest BCUT2D eigenvalue weighted by Crippen LogP contribution is 2.40. The second kappa shape index (κ2) is 13.7. The number of rotatable bonds is 10. The van der Waals surface area contributed by atoms with E-state index >= 15 is 0 Å². The van der Waals surface area contributed by atoms with E-state index in [0.29, 0.717) is 27.8 Å². The van der Waals surface area contributed by atoms with Crippen LogP contribution >= 0.6 is 18.5 Å². The van der Waals surface area contributed by atoms with Gasteiger partial charge in [-0.3, -0.25) is 0 Å². The van der Waals surface area contributed by atoms with Gasteiger partial charge in [0.15, 0.2) is 0 Å². The molecule has 4 rings (SSSR count). The van der Waals surface area contributed by atoms with Crippen LogP contribution in [-0.4, -0.2) is 74.7 Å². The van der Waals surface area contributed by atoms with Crippen LogP contribution in [0.3, 0.4) is 0 Å². The first-order chi connectivity index (χ1) is 19.8. The Balaban J connectivity index is 1.55. The molecule has 0 aliphatic carbocycles. The number of likely N-dealkylation sites (tertiary alicyclic amines) is 1. The number of thiophene rings is 1. The van der Waals surface area contributed by atoms with Gasteiger partial charge in [0, 0.05) is 31.0 Å². The van der Waals surface area contributed by atoms with E-state index < -0.39 is 26.6 Å². The topological polar surface area (TPSA) is 73.8 Å². The third-order valence-corrected chi connectivity index (χ3v) is 9.75. The SMILES string of the molecule is CC(O)CN1CCC(Nc2cccc3c(CC(F)(F)F)c(C#CCNc4ccc(P(C)(C)=O)cc4OCF)sc23)CC1. The molecule has 1 atom stereocenters. The number of piperidine rings is 1. The average molecular weight is 626 g/mol. The number of nitrogens with one attached hydrogen (secondary N) is 2. The summed E-state index contributed by atoms with van der Waals surface area (Å²) in [5, 5.41) is 17.3. The van der Waals surface area contributed by atoms with Gasteiger partial charge in [-0.1, -0.05) is 24.0 Å². The van der Waals surface area contributed by atoms with Gasteiger partial charge in [0.1, 0.15) is 12.9 Å². The highest BCUT2D eigenvalue weighted by molar-refractivity contribution is 7.70. The third kappa shape index (κ3) is 8.63. The summed E-state index contributed by atoms with van der Waals surface area (Å²) in [5.41, 5.74) is 1.38. The number of aliphatic hydroxyl groups excluding tert-OH is 1. The van der Waals surface area contributed by atoms with Crippen molar-refractivity contribution in [3.63, 3.8) is 0 Å². The number of halogens is 4. The molecule has 12 heteroatoms. The number of hydrogen-bond acceptors (Lipinski definition) is 7. The summed E-state index contributed by atoms with van der Waals surface area (Å²) in [5.74, 6) is 6.02. The van der Waals surface area contributed by atoms with Crippen LogP contribution in [-0.2, 0) is 11.0 Å². The van der Waals surface area contributed by atoms with Crippen LogP contribution in [0.2, 0.25) is 0 Å². The van der Waals surface area contributed by atoms with Gasteiger partial charge in [0.2, 0.25) is 6.86 Å². The standard InChI is InChI=1S/C30H36F4N3O3PS/c1-20(38)18-37-14-11-21(12-15-37)36-26-7-4-6-23-24(17-30(32,33)34)28(42-29(23)26)8-5-13-35-25-10-9-22(41(2,3)39)16-27(25)40-19-31/h4,6-7,9-10,16,20-21,35-36,38H,11-15,17-19H2,1-3H3. The lowest BCUT2D eigenvalue weighted by Gasteiger charge is -2.33. The number of anilines is 2. The summed E-state index contributed by atoms with van der Waals surface area (Å²) >= 11 is 1.24. The smallest absolute Gasteiger partial charge is 0.393 e. The molecule has 1 unspecified atom stereocenters. The monoisotopic (exact) mass is 625 g/mol. The molecule has 1 fully saturated rings. The van der Waals surface area contributed by atoms with Crippen molar-refractivity contribution in [1.29, 1.82) is 0 Å². The van der Waals surface area contributed by atoms with Gasteiger partial charge in [-0.15, -0.1) is 11.3 Å². The summed E-state index contributed by atoms with van der Waals surface area (Å²) in [4.78, 5) is 2.56. The van der Waals surface area contributed by atoms with Crippen LogP contribution in [0.4, 0.5) is 28.9 Å². The Labute approximate surface area is 247 Å². The van der Waals surface area contributed by atoms with Crippen LogP contribution in [0.5, 0.6) is 5.75 Å². The molecule has 42 heavy (non-hydrogen) atoms. The molecule has 1 saturated heterocycles. The van der Waals surface area contributed by atoms with Crippen molar-refractivity contribution < 1.29 is 32.0 Å². The van der Waals surface area contributed by atoms with E-state index in [-0.39, 0.29) is 30.0 Å². The Hall–Kier alpha value is -2.77.